The molecule has 0 unspecified atom stereocenters. The Kier molecular flexibility index (Phi) is 10.2. The van der Waals surface area contributed by atoms with Crippen LogP contribution in [0.4, 0.5) is 22.7 Å². The molecule has 13 heteroatoms. The van der Waals surface area contributed by atoms with Crippen molar-refractivity contribution in [3.63, 3.8) is 0 Å². The van der Waals surface area contributed by atoms with Gasteiger partial charge in [0.05, 0.1) is 31.4 Å². The van der Waals surface area contributed by atoms with Gasteiger partial charge in [0, 0.05) is 17.3 Å². The number of fused-ring (bicyclic) bond motifs is 1. The van der Waals surface area contributed by atoms with Crippen molar-refractivity contribution in [1.82, 2.24) is 4.98 Å². The molecule has 1 saturated heterocycles. The van der Waals surface area contributed by atoms with E-state index in [1.165, 1.54) is 33.3 Å². The fourth-order valence-electron chi connectivity index (χ4n) is 6.51. The molecule has 0 atom stereocenters. The van der Waals surface area contributed by atoms with E-state index >= 15 is 0 Å². The maximum Gasteiger partial charge on any atom is 0.283 e. The van der Waals surface area contributed by atoms with Crippen LogP contribution in [0.5, 0.6) is 0 Å². The second-order valence-corrected chi connectivity index (χ2v) is 16.0. The summed E-state index contributed by atoms with van der Waals surface area (Å²) >= 11 is 8.31. The molecule has 0 radical (unpaired) electrons. The minimum absolute atomic E-state index is 0.0107. The second kappa shape index (κ2) is 15.0. The fourth-order valence-corrected chi connectivity index (χ4v) is 9.03. The number of nitro benzene ring substituents is 1. The van der Waals surface area contributed by atoms with Crippen LogP contribution in [0.3, 0.4) is 0 Å². The van der Waals surface area contributed by atoms with Crippen molar-refractivity contribution in [1.29, 1.82) is 0 Å². The number of hydrogen-bond donors (Lipinski definition) is 1. The van der Waals surface area contributed by atoms with Gasteiger partial charge in [-0.15, -0.1) is 11.3 Å². The van der Waals surface area contributed by atoms with Crippen LogP contribution in [0, 0.1) is 44.7 Å². The minimum Gasteiger partial charge on any atom is -0.322 e. The first-order valence-corrected chi connectivity index (χ1v) is 19.1. The highest BCUT2D eigenvalue weighted by atomic mass is 32.2. The number of nitrogens with one attached hydrogen (secondary N) is 1. The van der Waals surface area contributed by atoms with Gasteiger partial charge in [-0.2, -0.15) is 0 Å². The van der Waals surface area contributed by atoms with Crippen molar-refractivity contribution in [3.8, 4) is 0 Å². The molecule has 5 aromatic carbocycles. The summed E-state index contributed by atoms with van der Waals surface area (Å²) in [6, 6.07) is 28.5. The molecule has 1 aliphatic rings. The van der Waals surface area contributed by atoms with Crippen molar-refractivity contribution in [3.05, 3.63) is 152 Å². The molecule has 3 amide bonds. The first-order chi connectivity index (χ1) is 26.2. The molecule has 0 bridgehead atoms. The summed E-state index contributed by atoms with van der Waals surface area (Å²) in [6.07, 6.45) is 1.38. The number of anilines is 3. The number of aromatic nitrogens is 1. The summed E-state index contributed by atoms with van der Waals surface area (Å²) in [4.78, 5) is 60.9. The number of aryl methyl sites for hydroxylation is 5. The van der Waals surface area contributed by atoms with Gasteiger partial charge >= 0.3 is 0 Å². The highest BCUT2D eigenvalue weighted by Crippen LogP contribution is 2.40. The van der Waals surface area contributed by atoms with Crippen LogP contribution in [0.15, 0.2) is 112 Å². The number of amides is 3. The average molecular weight is 784 g/mol. The Morgan fingerprint density at radius 2 is 1.42 bits per heavy atom. The van der Waals surface area contributed by atoms with E-state index in [2.05, 4.69) is 10.3 Å². The van der Waals surface area contributed by atoms with Crippen molar-refractivity contribution in [2.24, 2.45) is 0 Å². The molecule has 1 aliphatic heterocycles. The van der Waals surface area contributed by atoms with Crippen LogP contribution in [-0.2, 0) is 9.59 Å². The van der Waals surface area contributed by atoms with Gasteiger partial charge in [-0.05, 0) is 141 Å². The molecule has 1 aromatic heterocycles. The van der Waals surface area contributed by atoms with E-state index in [0.29, 0.717) is 42.9 Å². The molecule has 0 saturated carbocycles. The third-order valence-electron chi connectivity index (χ3n) is 8.88. The van der Waals surface area contributed by atoms with Gasteiger partial charge in [0.1, 0.15) is 5.57 Å². The number of benzene rings is 5. The predicted octanol–water partition coefficient (Wildman–Crippen LogP) is 9.90. The van der Waals surface area contributed by atoms with E-state index in [0.717, 1.165) is 44.3 Å². The molecule has 0 aliphatic carbocycles. The first kappa shape index (κ1) is 37.3. The molecule has 1 N–H and O–H groups in total. The topological polar surface area (TPSA) is 126 Å². The lowest BCUT2D eigenvalue weighted by molar-refractivity contribution is -0.387. The SMILES string of the molecule is Cc1cc(C)cc(N2C(=O)C(=Cc3ccc(Sc4nc5ccc(NC(=O)c6ccccc6C)cc5s4)c([N+](=O)[O-])c3)C(=O)N(c3cc(C)cc(C)c3)C2=S)c1. The predicted molar refractivity (Wildman–Crippen MR) is 223 cm³/mol. The van der Waals surface area contributed by atoms with Crippen LogP contribution < -0.4 is 15.1 Å². The average Bonchev–Trinajstić information content (AvgIpc) is 3.51. The monoisotopic (exact) mass is 783 g/mol. The molecule has 7 rings (SSSR count). The summed E-state index contributed by atoms with van der Waals surface area (Å²) in [6.45, 7) is 9.52. The van der Waals surface area contributed by atoms with Gasteiger partial charge in [-0.3, -0.25) is 34.3 Å². The largest absolute Gasteiger partial charge is 0.322 e. The fraction of sp³-hybridized carbons (Fsp3) is 0.119. The van der Waals surface area contributed by atoms with E-state index in [1.54, 1.807) is 30.3 Å². The Labute approximate surface area is 330 Å². The number of carbonyl (C=O) groups excluding carboxylic acids is 3. The number of thiocarbonyl (C=S) groups is 1. The van der Waals surface area contributed by atoms with E-state index in [1.807, 2.05) is 95.3 Å². The first-order valence-electron chi connectivity index (χ1n) is 17.1. The zero-order valence-corrected chi connectivity index (χ0v) is 32.8. The molecule has 0 spiro atoms. The Morgan fingerprint density at radius 1 is 0.818 bits per heavy atom. The highest BCUT2D eigenvalue weighted by molar-refractivity contribution is 8.01. The summed E-state index contributed by atoms with van der Waals surface area (Å²) in [5, 5.41) is 15.4. The highest BCUT2D eigenvalue weighted by Gasteiger charge is 2.41. The standard InChI is InChI=1S/C42H33N5O5S3/c1-23-14-24(2)17-30(16-23)45-39(49)33(40(50)46(42(45)53)31-18-25(3)15-26(4)19-31)20-28-10-13-36(35(21-28)47(51)52)54-41-44-34-12-11-29(22-37(34)55-41)43-38(48)32-9-7-6-8-27(32)5/h6-22H,1-5H3,(H,43,48). The van der Waals surface area contributed by atoms with E-state index in [9.17, 15) is 24.5 Å². The van der Waals surface area contributed by atoms with Gasteiger partial charge in [-0.1, -0.05) is 48.2 Å². The number of rotatable bonds is 8. The number of nitro groups is 1. The number of nitrogens with zero attached hydrogens (tertiary/aromatic N) is 4. The van der Waals surface area contributed by atoms with Crippen LogP contribution in [0.2, 0.25) is 0 Å². The third kappa shape index (κ3) is 7.67. The molecule has 1 fully saturated rings. The smallest absolute Gasteiger partial charge is 0.283 e. The lowest BCUT2D eigenvalue weighted by atomic mass is 10.0. The summed E-state index contributed by atoms with van der Waals surface area (Å²) < 4.78 is 1.36. The van der Waals surface area contributed by atoms with Crippen LogP contribution in [0.25, 0.3) is 16.3 Å². The van der Waals surface area contributed by atoms with Crippen molar-refractivity contribution >= 4 is 97.2 Å². The van der Waals surface area contributed by atoms with Gasteiger partial charge in [0.2, 0.25) is 0 Å². The quantitative estimate of drug-likeness (QED) is 0.0532. The molecular formula is C42H33N5O5S3. The number of carbonyl (C=O) groups is 3. The maximum absolute atomic E-state index is 14.2. The lowest BCUT2D eigenvalue weighted by Crippen LogP contribution is -2.57. The van der Waals surface area contributed by atoms with Gasteiger partial charge in [-0.25, -0.2) is 4.98 Å². The maximum atomic E-state index is 14.2. The number of thiazole rings is 1. The van der Waals surface area contributed by atoms with Crippen LogP contribution in [0.1, 0.15) is 43.7 Å². The zero-order chi connectivity index (χ0) is 39.1. The van der Waals surface area contributed by atoms with Gasteiger partial charge in [0.15, 0.2) is 9.45 Å². The Hall–Kier alpha value is -6.02. The third-order valence-corrected chi connectivity index (χ3v) is 11.4. The molecule has 10 nitrogen and oxygen atoms in total. The van der Waals surface area contributed by atoms with E-state index in [4.69, 9.17) is 12.2 Å². The summed E-state index contributed by atoms with van der Waals surface area (Å²) in [5.74, 6) is -1.49. The van der Waals surface area contributed by atoms with Crippen LogP contribution in [-0.4, -0.2) is 32.7 Å². The number of hydrogen-bond acceptors (Lipinski definition) is 9. The van der Waals surface area contributed by atoms with Crippen LogP contribution >= 0.6 is 35.3 Å². The van der Waals surface area contributed by atoms with E-state index in [-0.39, 0.29) is 22.3 Å². The zero-order valence-electron chi connectivity index (χ0n) is 30.4. The lowest BCUT2D eigenvalue weighted by Gasteiger charge is -2.37. The molecule has 6 aromatic rings. The van der Waals surface area contributed by atoms with Crippen molar-refractivity contribution in [2.75, 3.05) is 15.1 Å². The molecule has 2 heterocycles. The van der Waals surface area contributed by atoms with Crippen molar-refractivity contribution < 1.29 is 19.3 Å². The van der Waals surface area contributed by atoms with Gasteiger partial charge < -0.3 is 5.32 Å². The summed E-state index contributed by atoms with van der Waals surface area (Å²) in [5.41, 5.74) is 7.26. The normalized spacial score (nSPS) is 13.1. The minimum atomic E-state index is -0.634. The van der Waals surface area contributed by atoms with Gasteiger partial charge in [0.25, 0.3) is 23.4 Å². The van der Waals surface area contributed by atoms with Crippen molar-refractivity contribution in [2.45, 2.75) is 43.9 Å². The molecule has 55 heavy (non-hydrogen) atoms. The Bertz CT molecular complexity index is 2530. The second-order valence-electron chi connectivity index (χ2n) is 13.3. The summed E-state index contributed by atoms with van der Waals surface area (Å²) in [7, 11) is 0. The Balaban J connectivity index is 1.21. The molecule has 274 valence electrons. The molecular weight excluding hydrogens is 751 g/mol. The Morgan fingerprint density at radius 3 is 2.00 bits per heavy atom. The van der Waals surface area contributed by atoms with E-state index < -0.39 is 16.7 Å².